The zero-order valence-corrected chi connectivity index (χ0v) is 56.9. The lowest BCUT2D eigenvalue weighted by molar-refractivity contribution is -0.143. The smallest absolute Gasteiger partial charge is 0.305 e. The molecule has 0 aromatic rings. The van der Waals surface area contributed by atoms with E-state index in [0.717, 1.165) is 44.9 Å². The van der Waals surface area contributed by atoms with Crippen LogP contribution in [-0.2, 0) is 14.3 Å². The van der Waals surface area contributed by atoms with Gasteiger partial charge in [0.25, 0.3) is 0 Å². The standard InChI is InChI=1S/C78H149NO5/c1-3-5-7-9-11-13-15-16-17-18-38-42-45-48-52-56-60-64-68-72-78(83)84-73-69-65-61-57-53-49-46-43-40-37-35-33-31-29-27-25-23-21-19-20-22-24-26-28-30-32-34-36-39-41-44-47-51-55-59-63-67-71-77(82)79-75(74-80)76(81)70-66-62-58-54-50-14-12-10-8-6-4-2/h19,21,25,27,66,70,75-76,80-81H,3-18,20,22-24,26,28-65,67-69,71-74H2,1-2H3,(H,79,82)/b21-19-,27-25-,70-66+. The van der Waals surface area contributed by atoms with Crippen molar-refractivity contribution in [2.75, 3.05) is 13.2 Å². The molecule has 0 radical (unpaired) electrons. The summed E-state index contributed by atoms with van der Waals surface area (Å²) in [6.07, 6.45) is 95.6. The van der Waals surface area contributed by atoms with E-state index in [1.807, 2.05) is 6.08 Å². The van der Waals surface area contributed by atoms with E-state index in [1.165, 1.54) is 353 Å². The van der Waals surface area contributed by atoms with Gasteiger partial charge in [-0.3, -0.25) is 9.59 Å². The highest BCUT2D eigenvalue weighted by Crippen LogP contribution is 2.19. The summed E-state index contributed by atoms with van der Waals surface area (Å²) in [6.45, 7) is 4.93. The van der Waals surface area contributed by atoms with E-state index < -0.39 is 12.1 Å². The maximum Gasteiger partial charge on any atom is 0.305 e. The van der Waals surface area contributed by atoms with E-state index in [2.05, 4.69) is 43.5 Å². The predicted octanol–water partition coefficient (Wildman–Crippen LogP) is 25.0. The molecule has 0 spiro atoms. The van der Waals surface area contributed by atoms with Crippen molar-refractivity contribution in [3.63, 3.8) is 0 Å². The Morgan fingerprint density at radius 3 is 0.905 bits per heavy atom. The Morgan fingerprint density at radius 2 is 0.595 bits per heavy atom. The molecule has 0 saturated carbocycles. The Kier molecular flexibility index (Phi) is 71.9. The highest BCUT2D eigenvalue weighted by atomic mass is 16.5. The Balaban J connectivity index is 3.33. The molecule has 6 nitrogen and oxygen atoms in total. The van der Waals surface area contributed by atoms with Crippen LogP contribution in [0, 0.1) is 0 Å². The fourth-order valence-corrected chi connectivity index (χ4v) is 12.1. The zero-order valence-electron chi connectivity index (χ0n) is 56.9. The molecular weight excluding hydrogens is 1030 g/mol. The molecule has 0 aliphatic rings. The number of nitrogens with one attached hydrogen (secondary N) is 1. The quantitative estimate of drug-likeness (QED) is 0.0320. The van der Waals surface area contributed by atoms with Gasteiger partial charge in [-0.25, -0.2) is 0 Å². The van der Waals surface area contributed by atoms with Crippen LogP contribution in [0.4, 0.5) is 0 Å². The van der Waals surface area contributed by atoms with Crippen molar-refractivity contribution in [2.45, 2.75) is 437 Å². The lowest BCUT2D eigenvalue weighted by atomic mass is 10.0. The average molecular weight is 1180 g/mol. The Labute approximate surface area is 525 Å². The number of ether oxygens (including phenoxy) is 1. The summed E-state index contributed by atoms with van der Waals surface area (Å²) in [5, 5.41) is 23.1. The summed E-state index contributed by atoms with van der Waals surface area (Å²) in [5.41, 5.74) is 0. The van der Waals surface area contributed by atoms with Gasteiger partial charge in [-0.1, -0.05) is 384 Å². The number of amides is 1. The summed E-state index contributed by atoms with van der Waals surface area (Å²) in [6, 6.07) is -0.624. The second-order valence-electron chi connectivity index (χ2n) is 26.3. The molecule has 84 heavy (non-hydrogen) atoms. The Morgan fingerprint density at radius 1 is 0.333 bits per heavy atom. The molecule has 3 N–H and O–H groups in total. The number of hydrogen-bond donors (Lipinski definition) is 3. The van der Waals surface area contributed by atoms with Crippen LogP contribution in [0.25, 0.3) is 0 Å². The van der Waals surface area contributed by atoms with Gasteiger partial charge in [0.1, 0.15) is 0 Å². The lowest BCUT2D eigenvalue weighted by Gasteiger charge is -2.20. The normalized spacial score (nSPS) is 12.7. The molecular formula is C78H149NO5. The Bertz CT molecular complexity index is 1360. The van der Waals surface area contributed by atoms with Crippen molar-refractivity contribution in [1.82, 2.24) is 5.32 Å². The van der Waals surface area contributed by atoms with E-state index in [-0.39, 0.29) is 18.5 Å². The lowest BCUT2D eigenvalue weighted by Crippen LogP contribution is -2.45. The Hall–Kier alpha value is -1.92. The molecule has 0 aliphatic carbocycles. The molecule has 1 amide bonds. The molecule has 0 rings (SSSR count). The number of rotatable bonds is 72. The minimum atomic E-state index is -0.841. The van der Waals surface area contributed by atoms with Gasteiger partial charge >= 0.3 is 5.97 Å². The maximum atomic E-state index is 12.4. The fraction of sp³-hybridized carbons (Fsp3) is 0.897. The topological polar surface area (TPSA) is 95.9 Å². The molecule has 0 bridgehead atoms. The first-order valence-corrected chi connectivity index (χ1v) is 38.3. The predicted molar refractivity (Wildman–Crippen MR) is 370 cm³/mol. The summed E-state index contributed by atoms with van der Waals surface area (Å²) in [4.78, 5) is 24.6. The van der Waals surface area contributed by atoms with Crippen molar-refractivity contribution in [3.05, 3.63) is 36.5 Å². The van der Waals surface area contributed by atoms with Gasteiger partial charge in [-0.2, -0.15) is 0 Å². The first kappa shape index (κ1) is 82.1. The van der Waals surface area contributed by atoms with E-state index in [4.69, 9.17) is 4.74 Å². The third kappa shape index (κ3) is 69.2. The van der Waals surface area contributed by atoms with Gasteiger partial charge in [-0.05, 0) is 64.2 Å². The van der Waals surface area contributed by atoms with Crippen molar-refractivity contribution < 1.29 is 24.5 Å². The van der Waals surface area contributed by atoms with E-state index in [0.29, 0.717) is 19.4 Å². The molecule has 2 atom stereocenters. The van der Waals surface area contributed by atoms with Gasteiger partial charge in [0.05, 0.1) is 25.4 Å². The third-order valence-electron chi connectivity index (χ3n) is 17.9. The monoisotopic (exact) mass is 1180 g/mol. The van der Waals surface area contributed by atoms with Crippen molar-refractivity contribution in [2.24, 2.45) is 0 Å². The van der Waals surface area contributed by atoms with Crippen LogP contribution in [0.3, 0.4) is 0 Å². The minimum absolute atomic E-state index is 0.0240. The molecule has 6 heteroatoms. The van der Waals surface area contributed by atoms with Gasteiger partial charge in [0, 0.05) is 12.8 Å². The average Bonchev–Trinajstić information content (AvgIpc) is 3.51. The van der Waals surface area contributed by atoms with Crippen LogP contribution in [0.15, 0.2) is 36.5 Å². The summed E-state index contributed by atoms with van der Waals surface area (Å²) in [7, 11) is 0. The van der Waals surface area contributed by atoms with Crippen LogP contribution < -0.4 is 5.32 Å². The van der Waals surface area contributed by atoms with Crippen LogP contribution in [0.2, 0.25) is 0 Å². The zero-order chi connectivity index (χ0) is 60.6. The molecule has 2 unspecified atom stereocenters. The van der Waals surface area contributed by atoms with E-state index in [1.54, 1.807) is 6.08 Å². The first-order chi connectivity index (χ1) is 41.5. The van der Waals surface area contributed by atoms with Crippen molar-refractivity contribution in [3.8, 4) is 0 Å². The third-order valence-corrected chi connectivity index (χ3v) is 17.9. The second kappa shape index (κ2) is 73.5. The van der Waals surface area contributed by atoms with Crippen LogP contribution in [0.5, 0.6) is 0 Å². The van der Waals surface area contributed by atoms with E-state index >= 15 is 0 Å². The number of aliphatic hydroxyl groups excluding tert-OH is 2. The highest BCUT2D eigenvalue weighted by Gasteiger charge is 2.18. The number of carbonyl (C=O) groups is 2. The molecule has 0 aromatic heterocycles. The van der Waals surface area contributed by atoms with Crippen molar-refractivity contribution >= 4 is 11.9 Å². The van der Waals surface area contributed by atoms with Crippen LogP contribution in [-0.4, -0.2) is 47.4 Å². The van der Waals surface area contributed by atoms with Gasteiger partial charge < -0.3 is 20.3 Å². The summed E-state index contributed by atoms with van der Waals surface area (Å²) < 4.78 is 5.52. The van der Waals surface area contributed by atoms with Gasteiger partial charge in [-0.15, -0.1) is 0 Å². The molecule has 0 heterocycles. The molecule has 496 valence electrons. The number of hydrogen-bond acceptors (Lipinski definition) is 5. The largest absolute Gasteiger partial charge is 0.466 e. The van der Waals surface area contributed by atoms with E-state index in [9.17, 15) is 19.8 Å². The number of allylic oxidation sites excluding steroid dienone is 5. The number of esters is 1. The summed E-state index contributed by atoms with van der Waals surface area (Å²) >= 11 is 0. The molecule has 0 aliphatic heterocycles. The SMILES string of the molecule is CCCCCCCCCCC/C=C/C(O)C(CO)NC(=O)CCCCCCCCCCCCCCCCCCC/C=C\C/C=C\CCCCCCCCCCCCCCCOC(=O)CCCCCCCCCCCCCCCCCCCCC. The van der Waals surface area contributed by atoms with Crippen LogP contribution >= 0.6 is 0 Å². The van der Waals surface area contributed by atoms with Gasteiger partial charge in [0.2, 0.25) is 5.91 Å². The number of unbranched alkanes of at least 4 members (excludes halogenated alkanes) is 57. The molecule has 0 fully saturated rings. The highest BCUT2D eigenvalue weighted by molar-refractivity contribution is 5.76. The van der Waals surface area contributed by atoms with Crippen molar-refractivity contribution in [1.29, 1.82) is 0 Å². The fourth-order valence-electron chi connectivity index (χ4n) is 12.1. The summed E-state index contributed by atoms with van der Waals surface area (Å²) in [5.74, 6) is -0.0409. The van der Waals surface area contributed by atoms with Crippen LogP contribution in [0.1, 0.15) is 425 Å². The number of aliphatic hydroxyl groups is 2. The van der Waals surface area contributed by atoms with Gasteiger partial charge in [0.15, 0.2) is 0 Å². The second-order valence-corrected chi connectivity index (χ2v) is 26.3. The maximum absolute atomic E-state index is 12.4. The minimum Gasteiger partial charge on any atom is -0.466 e. The molecule has 0 saturated heterocycles. The molecule has 0 aromatic carbocycles. The number of carbonyl (C=O) groups excluding carboxylic acids is 2. The first-order valence-electron chi connectivity index (χ1n) is 38.3.